The Balaban J connectivity index is 1.35. The van der Waals surface area contributed by atoms with Crippen molar-refractivity contribution in [3.05, 3.63) is 65.9 Å². The molecule has 136 valence electrons. The molecule has 1 aromatic heterocycles. The average Bonchev–Trinajstić information content (AvgIpc) is 3.00. The molecule has 1 aliphatic rings. The fraction of sp³-hybridized carbons (Fsp3) is 0.391. The third kappa shape index (κ3) is 3.94. The van der Waals surface area contributed by atoms with Crippen LogP contribution in [-0.2, 0) is 6.54 Å². The smallest absolute Gasteiger partial charge is 0.119 e. The van der Waals surface area contributed by atoms with Crippen LogP contribution >= 0.6 is 0 Å². The fourth-order valence-electron chi connectivity index (χ4n) is 3.92. The number of para-hydroxylation sites is 1. The quantitative estimate of drug-likeness (QED) is 0.633. The summed E-state index contributed by atoms with van der Waals surface area (Å²) in [4.78, 5) is 2.51. The Morgan fingerprint density at radius 3 is 2.50 bits per heavy atom. The van der Waals surface area contributed by atoms with E-state index >= 15 is 0 Å². The monoisotopic (exact) mass is 348 g/mol. The second-order valence-corrected chi connectivity index (χ2v) is 7.35. The van der Waals surface area contributed by atoms with Gasteiger partial charge in [-0.25, -0.2) is 0 Å². The first kappa shape index (κ1) is 17.2. The molecule has 0 bridgehead atoms. The zero-order valence-electron chi connectivity index (χ0n) is 15.7. The van der Waals surface area contributed by atoms with Crippen molar-refractivity contribution in [3.63, 3.8) is 0 Å². The molecule has 0 atom stereocenters. The molecule has 3 heteroatoms. The summed E-state index contributed by atoms with van der Waals surface area (Å²) in [6.07, 6.45) is 6.30. The summed E-state index contributed by atoms with van der Waals surface area (Å²) in [5.41, 5.74) is 3.93. The molecule has 0 radical (unpaired) electrons. The standard InChI is InChI=1S/C23H28N2O/c1-19-17-25(23-8-4-3-7-22(19)23)18-20-9-11-21(12-10-20)26-16-15-24-13-5-2-6-14-24/h3-4,7-12,17H,2,5-6,13-16,18H2,1H3. The highest BCUT2D eigenvalue weighted by Crippen LogP contribution is 2.22. The largest absolute Gasteiger partial charge is 0.492 e. The molecule has 0 amide bonds. The van der Waals surface area contributed by atoms with Crippen LogP contribution in [0.2, 0.25) is 0 Å². The van der Waals surface area contributed by atoms with Crippen LogP contribution in [0.1, 0.15) is 30.4 Å². The van der Waals surface area contributed by atoms with Gasteiger partial charge in [-0.2, -0.15) is 0 Å². The molecule has 4 rings (SSSR count). The lowest BCUT2D eigenvalue weighted by atomic mass is 10.1. The lowest BCUT2D eigenvalue weighted by molar-refractivity contribution is 0.183. The number of rotatable bonds is 6. The van der Waals surface area contributed by atoms with Crippen LogP contribution < -0.4 is 4.74 Å². The second kappa shape index (κ2) is 7.96. The molecule has 0 aliphatic carbocycles. The molecule has 2 aromatic carbocycles. The Kier molecular flexibility index (Phi) is 5.26. The van der Waals surface area contributed by atoms with Crippen molar-refractivity contribution < 1.29 is 4.74 Å². The molecule has 0 spiro atoms. The molecule has 1 fully saturated rings. The summed E-state index contributed by atoms with van der Waals surface area (Å²) < 4.78 is 8.27. The third-order valence-corrected chi connectivity index (χ3v) is 5.39. The van der Waals surface area contributed by atoms with E-state index in [-0.39, 0.29) is 0 Å². The van der Waals surface area contributed by atoms with Gasteiger partial charge in [0.15, 0.2) is 0 Å². The first-order valence-corrected chi connectivity index (χ1v) is 9.78. The predicted molar refractivity (Wildman–Crippen MR) is 108 cm³/mol. The van der Waals surface area contributed by atoms with Gasteiger partial charge in [-0.15, -0.1) is 0 Å². The molecular weight excluding hydrogens is 320 g/mol. The van der Waals surface area contributed by atoms with Gasteiger partial charge in [-0.3, -0.25) is 4.90 Å². The molecule has 0 saturated carbocycles. The maximum absolute atomic E-state index is 5.94. The highest BCUT2D eigenvalue weighted by Gasteiger charge is 2.09. The van der Waals surface area contributed by atoms with E-state index in [0.717, 1.165) is 25.4 Å². The van der Waals surface area contributed by atoms with E-state index in [4.69, 9.17) is 4.74 Å². The molecule has 3 nitrogen and oxygen atoms in total. The van der Waals surface area contributed by atoms with E-state index in [1.54, 1.807) is 0 Å². The van der Waals surface area contributed by atoms with Gasteiger partial charge in [0.1, 0.15) is 12.4 Å². The number of piperidine rings is 1. The van der Waals surface area contributed by atoms with Gasteiger partial charge in [0.2, 0.25) is 0 Å². The summed E-state index contributed by atoms with van der Waals surface area (Å²) in [7, 11) is 0. The van der Waals surface area contributed by atoms with Gasteiger partial charge in [0.05, 0.1) is 0 Å². The summed E-state index contributed by atoms with van der Waals surface area (Å²) in [5.74, 6) is 0.972. The van der Waals surface area contributed by atoms with Crippen molar-refractivity contribution in [3.8, 4) is 5.75 Å². The van der Waals surface area contributed by atoms with Crippen molar-refractivity contribution in [1.29, 1.82) is 0 Å². The number of hydrogen-bond acceptors (Lipinski definition) is 2. The van der Waals surface area contributed by atoms with Crippen LogP contribution in [0, 0.1) is 6.92 Å². The highest BCUT2D eigenvalue weighted by atomic mass is 16.5. The fourth-order valence-corrected chi connectivity index (χ4v) is 3.92. The SMILES string of the molecule is Cc1cn(Cc2ccc(OCCN3CCCCC3)cc2)c2ccccc12. The Labute approximate surface area is 156 Å². The lowest BCUT2D eigenvalue weighted by Crippen LogP contribution is -2.33. The lowest BCUT2D eigenvalue weighted by Gasteiger charge is -2.26. The summed E-state index contributed by atoms with van der Waals surface area (Å²) in [6.45, 7) is 7.34. The molecule has 26 heavy (non-hydrogen) atoms. The zero-order valence-corrected chi connectivity index (χ0v) is 15.7. The molecule has 0 N–H and O–H groups in total. The van der Waals surface area contributed by atoms with Crippen molar-refractivity contribution >= 4 is 10.9 Å². The maximum Gasteiger partial charge on any atom is 0.119 e. The number of fused-ring (bicyclic) bond motifs is 1. The third-order valence-electron chi connectivity index (χ3n) is 5.39. The van der Waals surface area contributed by atoms with Crippen molar-refractivity contribution in [1.82, 2.24) is 9.47 Å². The van der Waals surface area contributed by atoms with Gasteiger partial charge < -0.3 is 9.30 Å². The molecule has 2 heterocycles. The Hall–Kier alpha value is -2.26. The zero-order chi connectivity index (χ0) is 17.8. The summed E-state index contributed by atoms with van der Waals surface area (Å²) >= 11 is 0. The van der Waals surface area contributed by atoms with Crippen LogP contribution in [0.25, 0.3) is 10.9 Å². The number of benzene rings is 2. The van der Waals surface area contributed by atoms with Crippen LogP contribution in [0.5, 0.6) is 5.75 Å². The van der Waals surface area contributed by atoms with Crippen molar-refractivity contribution in [2.75, 3.05) is 26.2 Å². The molecule has 1 aliphatic heterocycles. The van der Waals surface area contributed by atoms with Gasteiger partial charge in [-0.1, -0.05) is 36.8 Å². The molecule has 1 saturated heterocycles. The van der Waals surface area contributed by atoms with Crippen molar-refractivity contribution in [2.24, 2.45) is 0 Å². The van der Waals surface area contributed by atoms with E-state index in [1.807, 2.05) is 0 Å². The van der Waals surface area contributed by atoms with E-state index in [2.05, 4.69) is 71.1 Å². The molecule has 3 aromatic rings. The summed E-state index contributed by atoms with van der Waals surface area (Å²) in [5, 5.41) is 1.34. The van der Waals surface area contributed by atoms with Gasteiger partial charge in [0, 0.05) is 30.2 Å². The second-order valence-electron chi connectivity index (χ2n) is 7.35. The van der Waals surface area contributed by atoms with Gasteiger partial charge in [-0.05, 0) is 62.2 Å². The normalized spacial score (nSPS) is 15.4. The number of aromatic nitrogens is 1. The predicted octanol–water partition coefficient (Wildman–Crippen LogP) is 4.86. The number of aryl methyl sites for hydroxylation is 1. The average molecular weight is 348 g/mol. The first-order chi connectivity index (χ1) is 12.8. The minimum Gasteiger partial charge on any atom is -0.492 e. The van der Waals surface area contributed by atoms with Crippen molar-refractivity contribution in [2.45, 2.75) is 32.7 Å². The van der Waals surface area contributed by atoms with Crippen LogP contribution in [0.3, 0.4) is 0 Å². The van der Waals surface area contributed by atoms with E-state index < -0.39 is 0 Å². The van der Waals surface area contributed by atoms with Gasteiger partial charge in [0.25, 0.3) is 0 Å². The first-order valence-electron chi connectivity index (χ1n) is 9.78. The molecule has 0 unspecified atom stereocenters. The summed E-state index contributed by atoms with van der Waals surface area (Å²) in [6, 6.07) is 17.2. The Bertz CT molecular complexity index is 844. The van der Waals surface area contributed by atoms with Crippen LogP contribution in [0.4, 0.5) is 0 Å². The number of likely N-dealkylation sites (tertiary alicyclic amines) is 1. The Morgan fingerprint density at radius 2 is 1.69 bits per heavy atom. The Morgan fingerprint density at radius 1 is 0.923 bits per heavy atom. The highest BCUT2D eigenvalue weighted by molar-refractivity contribution is 5.83. The van der Waals surface area contributed by atoms with E-state index in [1.165, 1.54) is 54.4 Å². The number of ether oxygens (including phenoxy) is 1. The minimum absolute atomic E-state index is 0.779. The van der Waals surface area contributed by atoms with Gasteiger partial charge >= 0.3 is 0 Å². The van der Waals surface area contributed by atoms with Crippen LogP contribution in [0.15, 0.2) is 54.7 Å². The van der Waals surface area contributed by atoms with E-state index in [0.29, 0.717) is 0 Å². The number of hydrogen-bond donors (Lipinski definition) is 0. The minimum atomic E-state index is 0.779. The molecular formula is C23H28N2O. The van der Waals surface area contributed by atoms with E-state index in [9.17, 15) is 0 Å². The number of nitrogens with zero attached hydrogens (tertiary/aromatic N) is 2. The van der Waals surface area contributed by atoms with Crippen LogP contribution in [-0.4, -0.2) is 35.7 Å². The topological polar surface area (TPSA) is 17.4 Å². The maximum atomic E-state index is 5.94.